The highest BCUT2D eigenvalue weighted by Gasteiger charge is 2.28. The maximum absolute atomic E-state index is 11.9. The van der Waals surface area contributed by atoms with Gasteiger partial charge in [-0.15, -0.1) is 0 Å². The zero-order valence-corrected chi connectivity index (χ0v) is 11.2. The van der Waals surface area contributed by atoms with Crippen LogP contribution in [0.15, 0.2) is 0 Å². The molecule has 0 amide bonds. The highest BCUT2D eigenvalue weighted by atomic mass is 16.1. The first-order valence-corrected chi connectivity index (χ1v) is 6.99. The van der Waals surface area contributed by atoms with Crippen molar-refractivity contribution in [1.82, 2.24) is 4.90 Å². The molecular formula is C14H27NO. The van der Waals surface area contributed by atoms with E-state index >= 15 is 0 Å². The molecule has 0 aromatic carbocycles. The van der Waals surface area contributed by atoms with E-state index in [-0.39, 0.29) is 6.04 Å². The molecule has 0 aromatic heterocycles. The van der Waals surface area contributed by atoms with E-state index in [1.807, 2.05) is 0 Å². The molecule has 2 heteroatoms. The Morgan fingerprint density at radius 3 is 2.44 bits per heavy atom. The van der Waals surface area contributed by atoms with Gasteiger partial charge in [0.1, 0.15) is 5.78 Å². The molecule has 16 heavy (non-hydrogen) atoms. The summed E-state index contributed by atoms with van der Waals surface area (Å²) in [6.45, 7) is 8.83. The SMILES string of the molecule is CCC(CC)CN(CC)C1CCCCC1=O. The van der Waals surface area contributed by atoms with Crippen LogP contribution in [0, 0.1) is 5.92 Å². The molecule has 0 bridgehead atoms. The minimum absolute atomic E-state index is 0.236. The number of hydrogen-bond donors (Lipinski definition) is 0. The van der Waals surface area contributed by atoms with Gasteiger partial charge in [-0.1, -0.05) is 40.0 Å². The Balaban J connectivity index is 2.54. The Kier molecular flexibility index (Phi) is 6.04. The van der Waals surface area contributed by atoms with Crippen molar-refractivity contribution in [1.29, 1.82) is 0 Å². The average molecular weight is 225 g/mol. The predicted molar refractivity (Wildman–Crippen MR) is 68.6 cm³/mol. The van der Waals surface area contributed by atoms with Crippen molar-refractivity contribution in [3.8, 4) is 0 Å². The summed E-state index contributed by atoms with van der Waals surface area (Å²) in [6, 6.07) is 0.236. The quantitative estimate of drug-likeness (QED) is 0.691. The third-order valence-electron chi connectivity index (χ3n) is 4.02. The summed E-state index contributed by atoms with van der Waals surface area (Å²) in [6.07, 6.45) is 6.70. The molecule has 0 aliphatic heterocycles. The Hall–Kier alpha value is -0.370. The standard InChI is InChI=1S/C14H27NO/c1-4-12(5-2)11-15(6-3)13-9-7-8-10-14(13)16/h12-13H,4-11H2,1-3H3. The molecule has 0 saturated heterocycles. The topological polar surface area (TPSA) is 20.3 Å². The number of Topliss-reactive ketones (excluding diaryl/α,β-unsaturated/α-hetero) is 1. The lowest BCUT2D eigenvalue weighted by Gasteiger charge is -2.34. The van der Waals surface area contributed by atoms with Gasteiger partial charge in [0.05, 0.1) is 6.04 Å². The van der Waals surface area contributed by atoms with Crippen LogP contribution in [0.1, 0.15) is 59.3 Å². The molecule has 2 nitrogen and oxygen atoms in total. The van der Waals surface area contributed by atoms with E-state index in [1.54, 1.807) is 0 Å². The van der Waals surface area contributed by atoms with E-state index < -0.39 is 0 Å². The number of ketones is 1. The third kappa shape index (κ3) is 3.58. The van der Waals surface area contributed by atoms with Gasteiger partial charge in [-0.2, -0.15) is 0 Å². The molecule has 0 radical (unpaired) electrons. The summed E-state index contributed by atoms with van der Waals surface area (Å²) in [5.74, 6) is 1.24. The van der Waals surface area contributed by atoms with Gasteiger partial charge in [0, 0.05) is 13.0 Å². The molecule has 0 heterocycles. The van der Waals surface area contributed by atoms with Crippen molar-refractivity contribution in [2.45, 2.75) is 65.3 Å². The van der Waals surface area contributed by atoms with Gasteiger partial charge in [-0.25, -0.2) is 0 Å². The fraction of sp³-hybridized carbons (Fsp3) is 0.929. The minimum Gasteiger partial charge on any atom is -0.298 e. The van der Waals surface area contributed by atoms with Gasteiger partial charge in [0.15, 0.2) is 0 Å². The van der Waals surface area contributed by atoms with Crippen molar-refractivity contribution < 1.29 is 4.79 Å². The van der Waals surface area contributed by atoms with Crippen LogP contribution in [-0.4, -0.2) is 29.8 Å². The molecule has 1 fully saturated rings. The molecule has 0 spiro atoms. The van der Waals surface area contributed by atoms with Crippen LogP contribution in [0.4, 0.5) is 0 Å². The number of nitrogens with zero attached hydrogens (tertiary/aromatic N) is 1. The summed E-state index contributed by atoms with van der Waals surface area (Å²) in [7, 11) is 0. The molecule has 1 unspecified atom stereocenters. The highest BCUT2D eigenvalue weighted by Crippen LogP contribution is 2.21. The molecule has 0 aromatic rings. The minimum atomic E-state index is 0.236. The molecule has 94 valence electrons. The molecule has 1 saturated carbocycles. The Bertz CT molecular complexity index is 211. The molecule has 1 aliphatic rings. The molecular weight excluding hydrogens is 198 g/mol. The normalized spacial score (nSPS) is 22.1. The first-order valence-electron chi connectivity index (χ1n) is 6.99. The molecule has 1 atom stereocenters. The van der Waals surface area contributed by atoms with Crippen molar-refractivity contribution in [3.05, 3.63) is 0 Å². The van der Waals surface area contributed by atoms with Gasteiger partial charge < -0.3 is 0 Å². The summed E-state index contributed by atoms with van der Waals surface area (Å²) in [5.41, 5.74) is 0. The Morgan fingerprint density at radius 1 is 1.25 bits per heavy atom. The summed E-state index contributed by atoms with van der Waals surface area (Å²) in [4.78, 5) is 14.3. The van der Waals surface area contributed by atoms with Crippen LogP contribution in [0.5, 0.6) is 0 Å². The van der Waals surface area contributed by atoms with Crippen molar-refractivity contribution in [2.24, 2.45) is 5.92 Å². The van der Waals surface area contributed by atoms with Crippen LogP contribution in [0.2, 0.25) is 0 Å². The van der Waals surface area contributed by atoms with E-state index in [1.165, 1.54) is 19.3 Å². The largest absolute Gasteiger partial charge is 0.298 e. The first kappa shape index (κ1) is 13.7. The smallest absolute Gasteiger partial charge is 0.149 e. The van der Waals surface area contributed by atoms with Crippen molar-refractivity contribution in [2.75, 3.05) is 13.1 Å². The van der Waals surface area contributed by atoms with Crippen LogP contribution in [0.3, 0.4) is 0 Å². The van der Waals surface area contributed by atoms with E-state index in [0.717, 1.165) is 38.3 Å². The van der Waals surface area contributed by atoms with Crippen LogP contribution >= 0.6 is 0 Å². The van der Waals surface area contributed by atoms with Gasteiger partial charge in [-0.05, 0) is 25.3 Å². The third-order valence-corrected chi connectivity index (χ3v) is 4.02. The summed E-state index contributed by atoms with van der Waals surface area (Å²) in [5, 5.41) is 0. The zero-order chi connectivity index (χ0) is 12.0. The van der Waals surface area contributed by atoms with Gasteiger partial charge in [0.2, 0.25) is 0 Å². The summed E-state index contributed by atoms with van der Waals surface area (Å²) >= 11 is 0. The van der Waals surface area contributed by atoms with Crippen LogP contribution < -0.4 is 0 Å². The van der Waals surface area contributed by atoms with Crippen LogP contribution in [-0.2, 0) is 4.79 Å². The highest BCUT2D eigenvalue weighted by molar-refractivity contribution is 5.84. The Morgan fingerprint density at radius 2 is 1.94 bits per heavy atom. The van der Waals surface area contributed by atoms with E-state index in [2.05, 4.69) is 25.7 Å². The first-order chi connectivity index (χ1) is 7.72. The van der Waals surface area contributed by atoms with Gasteiger partial charge in [0.25, 0.3) is 0 Å². The van der Waals surface area contributed by atoms with Gasteiger partial charge >= 0.3 is 0 Å². The number of likely N-dealkylation sites (N-methyl/N-ethyl adjacent to an activating group) is 1. The van der Waals surface area contributed by atoms with E-state index in [4.69, 9.17) is 0 Å². The Labute approximate surface area is 100 Å². The van der Waals surface area contributed by atoms with Crippen LogP contribution in [0.25, 0.3) is 0 Å². The number of hydrogen-bond acceptors (Lipinski definition) is 2. The maximum atomic E-state index is 11.9. The number of carbonyl (C=O) groups is 1. The average Bonchev–Trinajstić information content (AvgIpc) is 2.32. The second-order valence-electron chi connectivity index (χ2n) is 5.00. The second kappa shape index (κ2) is 7.05. The zero-order valence-electron chi connectivity index (χ0n) is 11.2. The van der Waals surface area contributed by atoms with Gasteiger partial charge in [-0.3, -0.25) is 9.69 Å². The monoisotopic (exact) mass is 225 g/mol. The fourth-order valence-corrected chi connectivity index (χ4v) is 2.71. The lowest BCUT2D eigenvalue weighted by atomic mass is 9.91. The predicted octanol–water partition coefficient (Wildman–Crippen LogP) is 3.26. The lowest BCUT2D eigenvalue weighted by Crippen LogP contribution is -2.44. The van der Waals surface area contributed by atoms with Crippen molar-refractivity contribution >= 4 is 5.78 Å². The fourth-order valence-electron chi connectivity index (χ4n) is 2.71. The van der Waals surface area contributed by atoms with E-state index in [0.29, 0.717) is 5.78 Å². The maximum Gasteiger partial charge on any atom is 0.149 e. The summed E-state index contributed by atoms with van der Waals surface area (Å²) < 4.78 is 0. The molecule has 0 N–H and O–H groups in total. The number of rotatable bonds is 6. The van der Waals surface area contributed by atoms with E-state index in [9.17, 15) is 4.79 Å². The molecule has 1 aliphatic carbocycles. The number of carbonyl (C=O) groups excluding carboxylic acids is 1. The van der Waals surface area contributed by atoms with Crippen molar-refractivity contribution in [3.63, 3.8) is 0 Å². The lowest BCUT2D eigenvalue weighted by molar-refractivity contribution is -0.126. The second-order valence-corrected chi connectivity index (χ2v) is 5.00. The molecule has 1 rings (SSSR count).